The molecule has 1 atom stereocenters. The summed E-state index contributed by atoms with van der Waals surface area (Å²) in [6.45, 7) is 3.76. The highest BCUT2D eigenvalue weighted by molar-refractivity contribution is 9.11. The molecule has 3 heterocycles. The van der Waals surface area contributed by atoms with E-state index in [0.717, 1.165) is 40.9 Å². The van der Waals surface area contributed by atoms with Gasteiger partial charge in [0.25, 0.3) is 0 Å². The van der Waals surface area contributed by atoms with E-state index in [2.05, 4.69) is 77.9 Å². The lowest BCUT2D eigenvalue weighted by Gasteiger charge is -2.35. The number of fused-ring (bicyclic) bond motifs is 2. The number of pyridine rings is 1. The first-order valence-electron chi connectivity index (χ1n) is 13.1. The molecule has 37 heavy (non-hydrogen) atoms. The van der Waals surface area contributed by atoms with Crippen molar-refractivity contribution in [2.24, 2.45) is 17.6 Å². The van der Waals surface area contributed by atoms with Crippen LogP contribution in [0, 0.1) is 11.8 Å². The maximum atomic E-state index is 10.7. The van der Waals surface area contributed by atoms with E-state index in [1.54, 1.807) is 4.90 Å². The second-order valence-electron chi connectivity index (χ2n) is 10.4. The molecule has 200 valence electrons. The Bertz CT molecular complexity index is 1110. The highest BCUT2D eigenvalue weighted by atomic mass is 79.9. The Morgan fingerprint density at radius 1 is 1.00 bits per heavy atom. The lowest BCUT2D eigenvalue weighted by Crippen LogP contribution is -2.41. The Morgan fingerprint density at radius 3 is 2.30 bits per heavy atom. The molecule has 6 nitrogen and oxygen atoms in total. The molecule has 1 aliphatic carbocycles. The number of primary amides is 1. The summed E-state index contributed by atoms with van der Waals surface area (Å²) < 4.78 is 3.46. The molecule has 0 spiro atoms. The van der Waals surface area contributed by atoms with Crippen molar-refractivity contribution in [3.63, 3.8) is 0 Å². The molecule has 2 aromatic rings. The Labute approximate surface area is 245 Å². The number of hydrogen-bond donors (Lipinski definition) is 1. The summed E-state index contributed by atoms with van der Waals surface area (Å²) in [6, 6.07) is 6.44. The normalized spacial score (nSPS) is 20.8. The number of rotatable bonds is 3. The predicted molar refractivity (Wildman–Crippen MR) is 158 cm³/mol. The standard InChI is InChI=1S/C20H21Br3N2.C8H14N2O2/c1-25-6-4-12(5-7-25)19-18-13(8-15(21)10-17(18)23)2-3-14-9-16(22)11-24-20(14)19;9-8(12)10-4-1-7(2-5-10)3-6-11/h8-12,19H,2-7H2,1H3;6-7H,1-5H2,(H2,9,12). The molecule has 2 saturated heterocycles. The number of piperidine rings is 2. The summed E-state index contributed by atoms with van der Waals surface area (Å²) in [5, 5.41) is 0. The first kappa shape index (κ1) is 28.7. The van der Waals surface area contributed by atoms with Gasteiger partial charge in [0.1, 0.15) is 6.29 Å². The van der Waals surface area contributed by atoms with Gasteiger partial charge in [-0.3, -0.25) is 4.98 Å². The minimum absolute atomic E-state index is 0.348. The molecule has 0 bridgehead atoms. The van der Waals surface area contributed by atoms with Gasteiger partial charge in [0.05, 0.1) is 5.69 Å². The van der Waals surface area contributed by atoms with Crippen LogP contribution in [0.5, 0.6) is 0 Å². The molecule has 1 unspecified atom stereocenters. The summed E-state index contributed by atoms with van der Waals surface area (Å²) in [5.74, 6) is 1.49. The number of amides is 2. The number of likely N-dealkylation sites (tertiary alicyclic amines) is 2. The van der Waals surface area contributed by atoms with Gasteiger partial charge in [0, 0.05) is 45.0 Å². The maximum absolute atomic E-state index is 10.7. The van der Waals surface area contributed by atoms with Crippen molar-refractivity contribution >= 4 is 60.1 Å². The van der Waals surface area contributed by atoms with Crippen molar-refractivity contribution in [2.75, 3.05) is 33.2 Å². The first-order valence-corrected chi connectivity index (χ1v) is 15.4. The van der Waals surface area contributed by atoms with Crippen LogP contribution in [-0.2, 0) is 17.6 Å². The Kier molecular flexibility index (Phi) is 10.2. The third kappa shape index (κ3) is 7.22. The number of nitrogens with two attached hydrogens (primary N) is 1. The zero-order chi connectivity index (χ0) is 26.5. The Balaban J connectivity index is 0.000000225. The van der Waals surface area contributed by atoms with Crippen LogP contribution in [0.15, 0.2) is 37.8 Å². The summed E-state index contributed by atoms with van der Waals surface area (Å²) in [6.07, 6.45) is 9.95. The minimum Gasteiger partial charge on any atom is -0.351 e. The fraction of sp³-hybridized carbons (Fsp3) is 0.536. The molecule has 1 aromatic carbocycles. The number of aryl methyl sites for hydroxylation is 2. The van der Waals surface area contributed by atoms with Gasteiger partial charge in [-0.05, 0) is 121 Å². The zero-order valence-electron chi connectivity index (χ0n) is 21.3. The lowest BCUT2D eigenvalue weighted by atomic mass is 9.76. The molecule has 0 saturated carbocycles. The van der Waals surface area contributed by atoms with E-state index in [1.165, 1.54) is 52.8 Å². The van der Waals surface area contributed by atoms with Crippen molar-refractivity contribution in [1.29, 1.82) is 0 Å². The van der Waals surface area contributed by atoms with Crippen LogP contribution in [0.3, 0.4) is 0 Å². The number of carbonyl (C=O) groups excluding carboxylic acids is 2. The van der Waals surface area contributed by atoms with Crippen LogP contribution >= 0.6 is 47.8 Å². The van der Waals surface area contributed by atoms with E-state index >= 15 is 0 Å². The summed E-state index contributed by atoms with van der Waals surface area (Å²) in [4.78, 5) is 29.9. The number of halogens is 3. The largest absolute Gasteiger partial charge is 0.351 e. The lowest BCUT2D eigenvalue weighted by molar-refractivity contribution is -0.108. The van der Waals surface area contributed by atoms with Crippen molar-refractivity contribution in [3.05, 3.63) is 60.2 Å². The average Bonchev–Trinajstić information content (AvgIpc) is 3.02. The molecule has 2 fully saturated rings. The predicted octanol–water partition coefficient (Wildman–Crippen LogP) is 6.31. The quantitative estimate of drug-likeness (QED) is 0.382. The van der Waals surface area contributed by atoms with Gasteiger partial charge in [-0.25, -0.2) is 4.79 Å². The van der Waals surface area contributed by atoms with Gasteiger partial charge in [0.2, 0.25) is 0 Å². The van der Waals surface area contributed by atoms with E-state index in [0.29, 0.717) is 37.3 Å². The molecule has 5 rings (SSSR count). The zero-order valence-corrected chi connectivity index (χ0v) is 26.0. The van der Waals surface area contributed by atoms with Gasteiger partial charge < -0.3 is 20.3 Å². The van der Waals surface area contributed by atoms with Crippen molar-refractivity contribution in [1.82, 2.24) is 14.8 Å². The fourth-order valence-corrected chi connectivity index (χ4v) is 7.86. The van der Waals surface area contributed by atoms with Crippen molar-refractivity contribution in [2.45, 2.75) is 50.9 Å². The Hall–Kier alpha value is -1.29. The molecule has 2 amide bonds. The number of carbonyl (C=O) groups is 2. The van der Waals surface area contributed by atoms with Crippen LogP contribution in [0.25, 0.3) is 0 Å². The highest BCUT2D eigenvalue weighted by Crippen LogP contribution is 2.46. The van der Waals surface area contributed by atoms with Crippen LogP contribution in [0.1, 0.15) is 60.4 Å². The first-order chi connectivity index (χ1) is 17.8. The number of benzene rings is 1. The third-order valence-corrected chi connectivity index (χ3v) is 9.56. The monoisotopic (exact) mass is 696 g/mol. The molecular formula is C28H35Br3N4O2. The minimum atomic E-state index is -0.348. The van der Waals surface area contributed by atoms with Gasteiger partial charge in [-0.15, -0.1) is 0 Å². The fourth-order valence-electron chi connectivity index (χ4n) is 5.92. The van der Waals surface area contributed by atoms with Gasteiger partial charge >= 0.3 is 6.03 Å². The summed E-state index contributed by atoms with van der Waals surface area (Å²) >= 11 is 11.2. The average molecular weight is 699 g/mol. The van der Waals surface area contributed by atoms with Crippen LogP contribution in [-0.4, -0.2) is 60.3 Å². The molecule has 1 aromatic heterocycles. The van der Waals surface area contributed by atoms with E-state index in [9.17, 15) is 9.59 Å². The topological polar surface area (TPSA) is 79.5 Å². The molecule has 3 aliphatic rings. The second kappa shape index (κ2) is 13.2. The van der Waals surface area contributed by atoms with Gasteiger partial charge in [-0.2, -0.15) is 0 Å². The number of urea groups is 1. The summed E-state index contributed by atoms with van der Waals surface area (Å²) in [7, 11) is 2.23. The van der Waals surface area contributed by atoms with Crippen LogP contribution < -0.4 is 5.73 Å². The van der Waals surface area contributed by atoms with Crippen LogP contribution in [0.4, 0.5) is 4.79 Å². The van der Waals surface area contributed by atoms with E-state index in [1.807, 2.05) is 6.20 Å². The SMILES string of the molecule is CN1CCC(C2c3ncc(Br)cc3CCc3cc(Br)cc(Br)c32)CC1.NC(=O)N1CCC(CC=O)CC1. The summed E-state index contributed by atoms with van der Waals surface area (Å²) in [5.41, 5.74) is 10.7. The smallest absolute Gasteiger partial charge is 0.314 e. The molecule has 2 aliphatic heterocycles. The maximum Gasteiger partial charge on any atom is 0.314 e. The third-order valence-electron chi connectivity index (χ3n) is 8.01. The van der Waals surface area contributed by atoms with Crippen molar-refractivity contribution < 1.29 is 9.59 Å². The molecular weight excluding hydrogens is 664 g/mol. The number of hydrogen-bond acceptors (Lipinski definition) is 4. The van der Waals surface area contributed by atoms with E-state index in [4.69, 9.17) is 10.7 Å². The van der Waals surface area contributed by atoms with Gasteiger partial charge in [0.15, 0.2) is 0 Å². The highest BCUT2D eigenvalue weighted by Gasteiger charge is 2.35. The number of nitrogens with zero attached hydrogens (tertiary/aromatic N) is 3. The number of aldehydes is 1. The second-order valence-corrected chi connectivity index (χ2v) is 13.1. The van der Waals surface area contributed by atoms with Gasteiger partial charge in [-0.1, -0.05) is 31.9 Å². The molecule has 2 N–H and O–H groups in total. The molecule has 9 heteroatoms. The Morgan fingerprint density at radius 2 is 1.65 bits per heavy atom. The number of aromatic nitrogens is 1. The van der Waals surface area contributed by atoms with Crippen molar-refractivity contribution in [3.8, 4) is 0 Å². The van der Waals surface area contributed by atoms with Crippen LogP contribution in [0.2, 0.25) is 0 Å². The van der Waals surface area contributed by atoms with E-state index < -0.39 is 0 Å². The molecule has 0 radical (unpaired) electrons. The van der Waals surface area contributed by atoms with E-state index in [-0.39, 0.29) is 6.03 Å².